The molecular formula is C18H18F3N3O3S. The largest absolute Gasteiger partial charge is 0.471 e. The zero-order chi connectivity index (χ0) is 20.4. The monoisotopic (exact) mass is 413 g/mol. The number of halogens is 3. The normalized spacial score (nSPS) is 18.0. The molecule has 1 atom stereocenters. The summed E-state index contributed by atoms with van der Waals surface area (Å²) >= 11 is 0. The first-order valence-electron chi connectivity index (χ1n) is 8.46. The lowest BCUT2D eigenvalue weighted by Gasteiger charge is -2.18. The molecule has 10 heteroatoms. The third-order valence-corrected chi connectivity index (χ3v) is 6.18. The topological polar surface area (TPSA) is 78.5 Å². The molecule has 0 aliphatic carbocycles. The maximum atomic E-state index is 12.8. The highest BCUT2D eigenvalue weighted by atomic mass is 32.2. The number of nitrogens with zero attached hydrogens (tertiary/aromatic N) is 1. The van der Waals surface area contributed by atoms with Gasteiger partial charge in [-0.15, -0.1) is 0 Å². The third kappa shape index (κ3) is 4.63. The van der Waals surface area contributed by atoms with Crippen molar-refractivity contribution in [3.63, 3.8) is 0 Å². The highest BCUT2D eigenvalue weighted by Gasteiger charge is 2.38. The Morgan fingerprint density at radius 1 is 1.00 bits per heavy atom. The molecule has 2 N–H and O–H groups in total. The summed E-state index contributed by atoms with van der Waals surface area (Å²) in [5, 5.41) is 4.96. The fourth-order valence-electron chi connectivity index (χ4n) is 2.90. The minimum atomic E-state index is -5.01. The van der Waals surface area contributed by atoms with Crippen molar-refractivity contribution in [1.82, 2.24) is 4.31 Å². The Hall–Kier alpha value is -2.59. The second-order valence-corrected chi connectivity index (χ2v) is 8.27. The molecule has 0 radical (unpaired) electrons. The van der Waals surface area contributed by atoms with E-state index >= 15 is 0 Å². The van der Waals surface area contributed by atoms with Gasteiger partial charge in [0, 0.05) is 30.5 Å². The molecule has 1 aliphatic rings. The number of anilines is 2. The smallest absolute Gasteiger partial charge is 0.381 e. The number of sulfonamides is 1. The number of benzene rings is 2. The lowest BCUT2D eigenvalue weighted by atomic mass is 10.2. The van der Waals surface area contributed by atoms with Crippen LogP contribution in [0.3, 0.4) is 0 Å². The summed E-state index contributed by atoms with van der Waals surface area (Å²) in [6, 6.07) is 14.0. The summed E-state index contributed by atoms with van der Waals surface area (Å²) < 4.78 is 63.7. The number of hydrogen-bond acceptors (Lipinski definition) is 4. The number of amides is 1. The molecule has 0 saturated carbocycles. The summed E-state index contributed by atoms with van der Waals surface area (Å²) in [5.74, 6) is -2.11. The molecule has 2 aromatic rings. The quantitative estimate of drug-likeness (QED) is 0.790. The zero-order valence-corrected chi connectivity index (χ0v) is 15.4. The summed E-state index contributed by atoms with van der Waals surface area (Å²) in [6.45, 7) is 0.614. The molecule has 1 saturated heterocycles. The Bertz CT molecular complexity index is 932. The highest BCUT2D eigenvalue weighted by Crippen LogP contribution is 2.25. The first kappa shape index (κ1) is 20.2. The van der Waals surface area contributed by atoms with Gasteiger partial charge in [0.1, 0.15) is 0 Å². The molecule has 1 fully saturated rings. The standard InChI is InChI=1S/C18H18F3N3O3S/c19-18(20,21)17(25)23-14-6-8-16(9-7-14)28(26,27)24-11-10-15(12-24)22-13-4-2-1-3-5-13/h1-9,15,22H,10-12H2,(H,23,25). The molecule has 0 bridgehead atoms. The van der Waals surface area contributed by atoms with E-state index < -0.39 is 22.1 Å². The average Bonchev–Trinajstić information content (AvgIpc) is 3.11. The number of carbonyl (C=O) groups is 1. The van der Waals surface area contributed by atoms with Gasteiger partial charge in [0.2, 0.25) is 10.0 Å². The molecule has 150 valence electrons. The van der Waals surface area contributed by atoms with Crippen molar-refractivity contribution in [3.8, 4) is 0 Å². The van der Waals surface area contributed by atoms with Crippen molar-refractivity contribution in [3.05, 3.63) is 54.6 Å². The van der Waals surface area contributed by atoms with Crippen LogP contribution < -0.4 is 10.6 Å². The van der Waals surface area contributed by atoms with Gasteiger partial charge in [0.05, 0.1) is 4.90 Å². The Balaban J connectivity index is 1.65. The van der Waals surface area contributed by atoms with Crippen LogP contribution in [0, 0.1) is 0 Å². The third-order valence-electron chi connectivity index (χ3n) is 4.30. The Kier molecular flexibility index (Phi) is 5.61. The van der Waals surface area contributed by atoms with Crippen molar-refractivity contribution < 1.29 is 26.4 Å². The summed E-state index contributed by atoms with van der Waals surface area (Å²) in [5.41, 5.74) is 0.767. The first-order chi connectivity index (χ1) is 13.2. The van der Waals surface area contributed by atoms with E-state index in [1.54, 1.807) is 5.32 Å². The van der Waals surface area contributed by atoms with Gasteiger partial charge in [-0.3, -0.25) is 4.79 Å². The Morgan fingerprint density at radius 3 is 2.25 bits per heavy atom. The lowest BCUT2D eigenvalue weighted by molar-refractivity contribution is -0.167. The molecule has 28 heavy (non-hydrogen) atoms. The highest BCUT2D eigenvalue weighted by molar-refractivity contribution is 7.89. The van der Waals surface area contributed by atoms with E-state index in [4.69, 9.17) is 0 Å². The molecule has 0 spiro atoms. The predicted octanol–water partition coefficient (Wildman–Crippen LogP) is 3.06. The number of rotatable bonds is 5. The Morgan fingerprint density at radius 2 is 1.64 bits per heavy atom. The van der Waals surface area contributed by atoms with Crippen LogP contribution in [-0.4, -0.2) is 43.9 Å². The summed E-state index contributed by atoms with van der Waals surface area (Å²) in [7, 11) is -3.78. The molecule has 1 aliphatic heterocycles. The van der Waals surface area contributed by atoms with Crippen LogP contribution in [0.5, 0.6) is 0 Å². The molecule has 2 aromatic carbocycles. The second-order valence-electron chi connectivity index (χ2n) is 6.34. The number of carbonyl (C=O) groups excluding carboxylic acids is 1. The molecular weight excluding hydrogens is 395 g/mol. The van der Waals surface area contributed by atoms with E-state index in [-0.39, 0.29) is 23.2 Å². The van der Waals surface area contributed by atoms with Gasteiger partial charge in [-0.25, -0.2) is 8.42 Å². The SMILES string of the molecule is O=C(Nc1ccc(S(=O)(=O)N2CCC(Nc3ccccc3)C2)cc1)C(F)(F)F. The van der Waals surface area contributed by atoms with Crippen LogP contribution >= 0.6 is 0 Å². The van der Waals surface area contributed by atoms with E-state index in [0.717, 1.165) is 17.8 Å². The van der Waals surface area contributed by atoms with Gasteiger partial charge >= 0.3 is 12.1 Å². The number of hydrogen-bond donors (Lipinski definition) is 2. The van der Waals surface area contributed by atoms with Gasteiger partial charge in [0.25, 0.3) is 0 Å². The molecule has 6 nitrogen and oxygen atoms in total. The van der Waals surface area contributed by atoms with Crippen LogP contribution in [0.4, 0.5) is 24.5 Å². The fourth-order valence-corrected chi connectivity index (χ4v) is 4.40. The minimum Gasteiger partial charge on any atom is -0.381 e. The number of para-hydroxylation sites is 1. The maximum absolute atomic E-state index is 12.8. The van der Waals surface area contributed by atoms with Gasteiger partial charge in [0.15, 0.2) is 0 Å². The Labute approximate surface area is 160 Å². The zero-order valence-electron chi connectivity index (χ0n) is 14.6. The van der Waals surface area contributed by atoms with Crippen molar-refractivity contribution in [1.29, 1.82) is 0 Å². The fraction of sp³-hybridized carbons (Fsp3) is 0.278. The minimum absolute atomic E-state index is 0.0393. The molecule has 3 rings (SSSR count). The van der Waals surface area contributed by atoms with Crippen molar-refractivity contribution >= 4 is 27.3 Å². The summed E-state index contributed by atoms with van der Waals surface area (Å²) in [4.78, 5) is 10.9. The van der Waals surface area contributed by atoms with Crippen LogP contribution in [0.2, 0.25) is 0 Å². The lowest BCUT2D eigenvalue weighted by Crippen LogP contribution is -2.32. The number of nitrogens with one attached hydrogen (secondary N) is 2. The van der Waals surface area contributed by atoms with E-state index in [1.807, 2.05) is 30.3 Å². The maximum Gasteiger partial charge on any atom is 0.471 e. The van der Waals surface area contributed by atoms with Crippen LogP contribution in [0.1, 0.15) is 6.42 Å². The average molecular weight is 413 g/mol. The predicted molar refractivity (Wildman–Crippen MR) is 98.4 cm³/mol. The van der Waals surface area contributed by atoms with E-state index in [2.05, 4.69) is 5.32 Å². The molecule has 1 heterocycles. The number of alkyl halides is 3. The van der Waals surface area contributed by atoms with Crippen LogP contribution in [0.15, 0.2) is 59.5 Å². The van der Waals surface area contributed by atoms with Crippen molar-refractivity contribution in [2.24, 2.45) is 0 Å². The van der Waals surface area contributed by atoms with Crippen molar-refractivity contribution in [2.45, 2.75) is 23.5 Å². The van der Waals surface area contributed by atoms with E-state index in [9.17, 15) is 26.4 Å². The van der Waals surface area contributed by atoms with Gasteiger partial charge < -0.3 is 10.6 Å². The first-order valence-corrected chi connectivity index (χ1v) is 9.90. The van der Waals surface area contributed by atoms with Gasteiger partial charge in [-0.05, 0) is 42.8 Å². The van der Waals surface area contributed by atoms with E-state index in [1.165, 1.54) is 16.4 Å². The summed E-state index contributed by atoms with van der Waals surface area (Å²) in [6.07, 6.45) is -4.38. The van der Waals surface area contributed by atoms with Crippen LogP contribution in [-0.2, 0) is 14.8 Å². The van der Waals surface area contributed by atoms with Crippen molar-refractivity contribution in [2.75, 3.05) is 23.7 Å². The molecule has 1 amide bonds. The second kappa shape index (κ2) is 7.80. The van der Waals surface area contributed by atoms with Gasteiger partial charge in [-0.2, -0.15) is 17.5 Å². The van der Waals surface area contributed by atoms with Gasteiger partial charge in [-0.1, -0.05) is 18.2 Å². The van der Waals surface area contributed by atoms with E-state index in [0.29, 0.717) is 13.0 Å². The molecule has 1 unspecified atom stereocenters. The molecule has 0 aromatic heterocycles. The van der Waals surface area contributed by atoms with Crippen LogP contribution in [0.25, 0.3) is 0 Å².